The molecule has 1 aromatic carbocycles. The maximum absolute atomic E-state index is 11.9. The van der Waals surface area contributed by atoms with Crippen molar-refractivity contribution in [2.75, 3.05) is 6.61 Å². The molecule has 1 amide bonds. The van der Waals surface area contributed by atoms with Crippen LogP contribution < -0.4 is 0 Å². The lowest BCUT2D eigenvalue weighted by molar-refractivity contribution is 0.153. The predicted octanol–water partition coefficient (Wildman–Crippen LogP) is 2.64. The third-order valence-electron chi connectivity index (χ3n) is 3.87. The molecule has 2 aliphatic rings. The third-order valence-corrected chi connectivity index (χ3v) is 3.87. The van der Waals surface area contributed by atoms with E-state index >= 15 is 0 Å². The van der Waals surface area contributed by atoms with Gasteiger partial charge in [0.05, 0.1) is 6.04 Å². The number of carbonyl (C=O) groups is 1. The van der Waals surface area contributed by atoms with Crippen molar-refractivity contribution in [2.45, 2.75) is 31.3 Å². The fourth-order valence-corrected chi connectivity index (χ4v) is 2.55. The van der Waals surface area contributed by atoms with E-state index in [4.69, 9.17) is 9.15 Å². The van der Waals surface area contributed by atoms with Gasteiger partial charge in [-0.2, -0.15) is 0 Å². The Morgan fingerprint density at radius 3 is 2.76 bits per heavy atom. The highest BCUT2D eigenvalue weighted by Gasteiger charge is 2.36. The number of ether oxygens (including phenoxy) is 1. The number of benzene rings is 1. The van der Waals surface area contributed by atoms with Gasteiger partial charge >= 0.3 is 6.09 Å². The molecule has 1 aliphatic carbocycles. The molecular weight excluding hydrogens is 270 g/mol. The normalized spacial score (nSPS) is 21.6. The van der Waals surface area contributed by atoms with Crippen molar-refractivity contribution in [3.63, 3.8) is 0 Å². The number of aromatic nitrogens is 2. The van der Waals surface area contributed by atoms with E-state index in [2.05, 4.69) is 10.2 Å². The van der Waals surface area contributed by atoms with Gasteiger partial charge in [-0.3, -0.25) is 4.90 Å². The van der Waals surface area contributed by atoms with Crippen LogP contribution in [-0.4, -0.2) is 27.8 Å². The fourth-order valence-electron chi connectivity index (χ4n) is 2.55. The highest BCUT2D eigenvalue weighted by molar-refractivity contribution is 5.70. The van der Waals surface area contributed by atoms with Gasteiger partial charge in [0.15, 0.2) is 0 Å². The zero-order valence-electron chi connectivity index (χ0n) is 11.4. The SMILES string of the molecule is O=C1OC[C@H](c2ccccc2)N1Cc1nnc(C2CC2)o1. The predicted molar refractivity (Wildman–Crippen MR) is 72.3 cm³/mol. The Morgan fingerprint density at radius 2 is 2.00 bits per heavy atom. The van der Waals surface area contributed by atoms with Gasteiger partial charge in [-0.15, -0.1) is 10.2 Å². The molecular formula is C15H15N3O3. The summed E-state index contributed by atoms with van der Waals surface area (Å²) in [6.07, 6.45) is 1.88. The van der Waals surface area contributed by atoms with Crippen LogP contribution in [0.25, 0.3) is 0 Å². The highest BCUT2D eigenvalue weighted by Crippen LogP contribution is 2.39. The summed E-state index contributed by atoms with van der Waals surface area (Å²) < 4.78 is 10.8. The Kier molecular flexibility index (Phi) is 2.87. The Bertz CT molecular complexity index is 651. The molecule has 2 aromatic rings. The summed E-state index contributed by atoms with van der Waals surface area (Å²) in [7, 11) is 0. The lowest BCUT2D eigenvalue weighted by Gasteiger charge is -2.19. The van der Waals surface area contributed by atoms with E-state index in [1.165, 1.54) is 0 Å². The van der Waals surface area contributed by atoms with Crippen LogP contribution in [0.4, 0.5) is 4.79 Å². The summed E-state index contributed by atoms with van der Waals surface area (Å²) in [5, 5.41) is 8.08. The van der Waals surface area contributed by atoms with Crippen molar-refractivity contribution < 1.29 is 13.9 Å². The average molecular weight is 285 g/mol. The van der Waals surface area contributed by atoms with Gasteiger partial charge in [-0.05, 0) is 18.4 Å². The molecule has 6 nitrogen and oxygen atoms in total. The average Bonchev–Trinajstić information content (AvgIpc) is 3.16. The van der Waals surface area contributed by atoms with Crippen molar-refractivity contribution in [3.05, 3.63) is 47.7 Å². The first kappa shape index (κ1) is 12.4. The Hall–Kier alpha value is -2.37. The van der Waals surface area contributed by atoms with Crippen molar-refractivity contribution in [1.29, 1.82) is 0 Å². The van der Waals surface area contributed by atoms with E-state index in [0.717, 1.165) is 18.4 Å². The summed E-state index contributed by atoms with van der Waals surface area (Å²) in [6.45, 7) is 0.643. The Labute approximate surface area is 121 Å². The molecule has 1 aromatic heterocycles. The van der Waals surface area contributed by atoms with Gasteiger partial charge in [-0.25, -0.2) is 4.79 Å². The maximum Gasteiger partial charge on any atom is 0.410 e. The van der Waals surface area contributed by atoms with Gasteiger partial charge < -0.3 is 9.15 Å². The molecule has 0 radical (unpaired) electrons. The summed E-state index contributed by atoms with van der Waals surface area (Å²) in [5.74, 6) is 1.58. The highest BCUT2D eigenvalue weighted by atomic mass is 16.6. The molecule has 4 rings (SSSR count). The molecule has 108 valence electrons. The van der Waals surface area contributed by atoms with E-state index < -0.39 is 0 Å². The molecule has 2 heterocycles. The zero-order valence-corrected chi connectivity index (χ0v) is 11.4. The topological polar surface area (TPSA) is 68.5 Å². The molecule has 1 saturated carbocycles. The van der Waals surface area contributed by atoms with E-state index in [1.54, 1.807) is 4.90 Å². The molecule has 21 heavy (non-hydrogen) atoms. The first-order valence-electron chi connectivity index (χ1n) is 7.12. The molecule has 0 bridgehead atoms. The molecule has 0 unspecified atom stereocenters. The lowest BCUT2D eigenvalue weighted by atomic mass is 10.1. The van der Waals surface area contributed by atoms with Crippen LogP contribution in [0.1, 0.15) is 42.1 Å². The second-order valence-corrected chi connectivity index (χ2v) is 5.44. The number of cyclic esters (lactones) is 1. The monoisotopic (exact) mass is 285 g/mol. The molecule has 1 saturated heterocycles. The quantitative estimate of drug-likeness (QED) is 0.863. The van der Waals surface area contributed by atoms with Crippen LogP contribution in [0, 0.1) is 0 Å². The van der Waals surface area contributed by atoms with Crippen LogP contribution >= 0.6 is 0 Å². The summed E-state index contributed by atoms with van der Waals surface area (Å²) in [6, 6.07) is 9.73. The fraction of sp³-hybridized carbons (Fsp3) is 0.400. The summed E-state index contributed by atoms with van der Waals surface area (Å²) in [4.78, 5) is 13.6. The van der Waals surface area contributed by atoms with Crippen molar-refractivity contribution in [3.8, 4) is 0 Å². The van der Waals surface area contributed by atoms with Crippen molar-refractivity contribution >= 4 is 6.09 Å². The van der Waals surface area contributed by atoms with Crippen LogP contribution in [-0.2, 0) is 11.3 Å². The minimum atomic E-state index is -0.338. The minimum absolute atomic E-state index is 0.102. The molecule has 2 fully saturated rings. The molecule has 0 spiro atoms. The first-order valence-corrected chi connectivity index (χ1v) is 7.12. The van der Waals surface area contributed by atoms with Gasteiger partial charge in [0.2, 0.25) is 11.8 Å². The van der Waals surface area contributed by atoms with E-state index in [1.807, 2.05) is 30.3 Å². The van der Waals surface area contributed by atoms with Crippen LogP contribution in [0.5, 0.6) is 0 Å². The maximum atomic E-state index is 11.9. The molecule has 1 atom stereocenters. The largest absolute Gasteiger partial charge is 0.447 e. The van der Waals surface area contributed by atoms with E-state index in [9.17, 15) is 4.79 Å². The van der Waals surface area contributed by atoms with E-state index in [-0.39, 0.29) is 18.7 Å². The smallest absolute Gasteiger partial charge is 0.410 e. The van der Waals surface area contributed by atoms with Gasteiger partial charge in [0.25, 0.3) is 0 Å². The third kappa shape index (κ3) is 2.37. The molecule has 6 heteroatoms. The second-order valence-electron chi connectivity index (χ2n) is 5.44. The molecule has 0 N–H and O–H groups in total. The van der Waals surface area contributed by atoms with Crippen molar-refractivity contribution in [1.82, 2.24) is 15.1 Å². The molecule has 1 aliphatic heterocycles. The van der Waals surface area contributed by atoms with Crippen molar-refractivity contribution in [2.24, 2.45) is 0 Å². The number of nitrogens with zero attached hydrogens (tertiary/aromatic N) is 3. The van der Waals surface area contributed by atoms with E-state index in [0.29, 0.717) is 24.3 Å². The minimum Gasteiger partial charge on any atom is -0.447 e. The Morgan fingerprint density at radius 1 is 1.19 bits per heavy atom. The standard InChI is InChI=1S/C15H15N3O3/c19-15-18(8-13-16-17-14(21-13)11-6-7-11)12(9-20-15)10-4-2-1-3-5-10/h1-5,11-12H,6-9H2/t12-/m1/s1. The zero-order chi connectivity index (χ0) is 14.2. The van der Waals surface area contributed by atoms with Crippen LogP contribution in [0.15, 0.2) is 34.7 Å². The number of hydrogen-bond donors (Lipinski definition) is 0. The number of amides is 1. The number of carbonyl (C=O) groups excluding carboxylic acids is 1. The summed E-state index contributed by atoms with van der Waals surface area (Å²) >= 11 is 0. The number of rotatable bonds is 4. The van der Waals surface area contributed by atoms with Gasteiger partial charge in [0.1, 0.15) is 13.2 Å². The van der Waals surface area contributed by atoms with Crippen LogP contribution in [0.2, 0.25) is 0 Å². The van der Waals surface area contributed by atoms with Gasteiger partial charge in [-0.1, -0.05) is 30.3 Å². The second kappa shape index (κ2) is 4.87. The van der Waals surface area contributed by atoms with Crippen LogP contribution in [0.3, 0.4) is 0 Å². The first-order chi connectivity index (χ1) is 10.3. The number of hydrogen-bond acceptors (Lipinski definition) is 5. The lowest BCUT2D eigenvalue weighted by Crippen LogP contribution is -2.27. The summed E-state index contributed by atoms with van der Waals surface area (Å²) in [5.41, 5.74) is 1.05. The Balaban J connectivity index is 1.54. The van der Waals surface area contributed by atoms with Gasteiger partial charge in [0, 0.05) is 5.92 Å².